The standard InChI is InChI=1S/C30H36N2O/c1-3-10-25(11-4-1)23-32(24-26-12-5-2-6-13-26)28-17-16-27-14-9-15-30(29(27)22-28)33-21-20-31-18-7-8-19-31/h1-6,9-15,28H,7-8,16-24H2/t28-/m1/s1. The van der Waals surface area contributed by atoms with Crippen molar-refractivity contribution < 1.29 is 4.74 Å². The number of rotatable bonds is 9. The Balaban J connectivity index is 1.31. The van der Waals surface area contributed by atoms with E-state index in [1.54, 1.807) is 0 Å². The summed E-state index contributed by atoms with van der Waals surface area (Å²) in [6, 6.07) is 29.0. The molecule has 5 rings (SSSR count). The van der Waals surface area contributed by atoms with E-state index in [2.05, 4.69) is 88.7 Å². The Labute approximate surface area is 199 Å². The zero-order valence-electron chi connectivity index (χ0n) is 19.7. The normalized spacial score (nSPS) is 18.4. The monoisotopic (exact) mass is 440 g/mol. The van der Waals surface area contributed by atoms with Crippen molar-refractivity contribution in [3.8, 4) is 5.75 Å². The van der Waals surface area contributed by atoms with Gasteiger partial charge in [0, 0.05) is 25.7 Å². The largest absolute Gasteiger partial charge is 0.492 e. The van der Waals surface area contributed by atoms with E-state index in [0.717, 1.165) is 44.8 Å². The molecule has 3 aromatic rings. The summed E-state index contributed by atoms with van der Waals surface area (Å²) in [7, 11) is 0. The third-order valence-corrected chi connectivity index (χ3v) is 7.25. The van der Waals surface area contributed by atoms with Gasteiger partial charge in [-0.15, -0.1) is 0 Å². The molecule has 3 heteroatoms. The van der Waals surface area contributed by atoms with Gasteiger partial charge in [0.25, 0.3) is 0 Å². The van der Waals surface area contributed by atoms with E-state index in [9.17, 15) is 0 Å². The van der Waals surface area contributed by atoms with Gasteiger partial charge in [-0.05, 0) is 73.5 Å². The number of aryl methyl sites for hydroxylation is 1. The molecule has 1 saturated heterocycles. The van der Waals surface area contributed by atoms with Crippen LogP contribution in [0.2, 0.25) is 0 Å². The van der Waals surface area contributed by atoms with Crippen molar-refractivity contribution in [2.24, 2.45) is 0 Å². The maximum absolute atomic E-state index is 6.37. The fraction of sp³-hybridized carbons (Fsp3) is 0.400. The van der Waals surface area contributed by atoms with Gasteiger partial charge in [0.2, 0.25) is 0 Å². The van der Waals surface area contributed by atoms with Crippen LogP contribution in [0.15, 0.2) is 78.9 Å². The molecule has 2 aliphatic rings. The van der Waals surface area contributed by atoms with Gasteiger partial charge < -0.3 is 4.74 Å². The van der Waals surface area contributed by atoms with Gasteiger partial charge in [-0.25, -0.2) is 0 Å². The zero-order chi connectivity index (χ0) is 22.3. The van der Waals surface area contributed by atoms with Crippen molar-refractivity contribution >= 4 is 0 Å². The number of hydrogen-bond acceptors (Lipinski definition) is 3. The molecule has 3 aromatic carbocycles. The third kappa shape index (κ3) is 5.85. The van der Waals surface area contributed by atoms with Crippen LogP contribution < -0.4 is 4.74 Å². The molecule has 0 amide bonds. The highest BCUT2D eigenvalue weighted by Crippen LogP contribution is 2.33. The lowest BCUT2D eigenvalue weighted by molar-refractivity contribution is 0.160. The predicted octanol–water partition coefficient (Wildman–Crippen LogP) is 5.72. The summed E-state index contributed by atoms with van der Waals surface area (Å²) in [5.41, 5.74) is 5.68. The van der Waals surface area contributed by atoms with Crippen molar-refractivity contribution in [3.05, 3.63) is 101 Å². The Bertz CT molecular complexity index is 957. The van der Waals surface area contributed by atoms with E-state index < -0.39 is 0 Å². The van der Waals surface area contributed by atoms with E-state index in [1.807, 2.05) is 0 Å². The fourth-order valence-corrected chi connectivity index (χ4v) is 5.42. The average Bonchev–Trinajstić information content (AvgIpc) is 3.38. The summed E-state index contributed by atoms with van der Waals surface area (Å²) >= 11 is 0. The third-order valence-electron chi connectivity index (χ3n) is 7.25. The summed E-state index contributed by atoms with van der Waals surface area (Å²) in [6.45, 7) is 6.25. The van der Waals surface area contributed by atoms with Crippen LogP contribution in [0.5, 0.6) is 5.75 Å². The molecule has 1 fully saturated rings. The highest BCUT2D eigenvalue weighted by Gasteiger charge is 2.27. The Hall–Kier alpha value is -2.62. The average molecular weight is 441 g/mol. The summed E-state index contributed by atoms with van der Waals surface area (Å²) in [6.07, 6.45) is 6.06. The molecule has 1 aliphatic carbocycles. The molecule has 0 radical (unpaired) electrons. The first-order chi connectivity index (χ1) is 16.3. The highest BCUT2D eigenvalue weighted by atomic mass is 16.5. The minimum Gasteiger partial charge on any atom is -0.492 e. The summed E-state index contributed by atoms with van der Waals surface area (Å²) in [4.78, 5) is 5.20. The molecule has 172 valence electrons. The van der Waals surface area contributed by atoms with Gasteiger partial charge in [-0.3, -0.25) is 9.80 Å². The number of benzene rings is 3. The van der Waals surface area contributed by atoms with Gasteiger partial charge >= 0.3 is 0 Å². The molecule has 0 N–H and O–H groups in total. The molecule has 1 atom stereocenters. The summed E-state index contributed by atoms with van der Waals surface area (Å²) < 4.78 is 6.37. The molecule has 0 aromatic heterocycles. The van der Waals surface area contributed by atoms with Crippen LogP contribution in [0.4, 0.5) is 0 Å². The molecule has 0 saturated carbocycles. The van der Waals surface area contributed by atoms with Crippen molar-refractivity contribution in [3.63, 3.8) is 0 Å². The number of likely N-dealkylation sites (tertiary alicyclic amines) is 1. The molecule has 0 unspecified atom stereocenters. The second kappa shape index (κ2) is 11.0. The van der Waals surface area contributed by atoms with Gasteiger partial charge in [-0.1, -0.05) is 72.8 Å². The van der Waals surface area contributed by atoms with E-state index in [4.69, 9.17) is 4.74 Å². The van der Waals surface area contributed by atoms with Crippen LogP contribution in [0, 0.1) is 0 Å². The second-order valence-electron chi connectivity index (χ2n) is 9.56. The molecule has 0 bridgehead atoms. The van der Waals surface area contributed by atoms with Crippen LogP contribution in [-0.2, 0) is 25.9 Å². The van der Waals surface area contributed by atoms with E-state index in [0.29, 0.717) is 6.04 Å². The second-order valence-corrected chi connectivity index (χ2v) is 9.56. The predicted molar refractivity (Wildman–Crippen MR) is 136 cm³/mol. The number of fused-ring (bicyclic) bond motifs is 1. The number of ether oxygens (including phenoxy) is 1. The van der Waals surface area contributed by atoms with Crippen LogP contribution >= 0.6 is 0 Å². The molecule has 3 nitrogen and oxygen atoms in total. The topological polar surface area (TPSA) is 15.7 Å². The van der Waals surface area contributed by atoms with Gasteiger partial charge in [-0.2, -0.15) is 0 Å². The first-order valence-electron chi connectivity index (χ1n) is 12.6. The number of hydrogen-bond donors (Lipinski definition) is 0. The number of nitrogens with zero attached hydrogens (tertiary/aromatic N) is 2. The summed E-state index contributed by atoms with van der Waals surface area (Å²) in [5, 5.41) is 0. The lowest BCUT2D eigenvalue weighted by atomic mass is 9.86. The maximum Gasteiger partial charge on any atom is 0.122 e. The quantitative estimate of drug-likeness (QED) is 0.423. The lowest BCUT2D eigenvalue weighted by Crippen LogP contribution is -2.38. The molecule has 0 spiro atoms. The molecular weight excluding hydrogens is 404 g/mol. The smallest absolute Gasteiger partial charge is 0.122 e. The Morgan fingerprint density at radius 1 is 0.788 bits per heavy atom. The van der Waals surface area contributed by atoms with Crippen LogP contribution in [0.1, 0.15) is 41.5 Å². The Kier molecular flexibility index (Phi) is 7.40. The minimum absolute atomic E-state index is 0.515. The summed E-state index contributed by atoms with van der Waals surface area (Å²) in [5.74, 6) is 1.11. The van der Waals surface area contributed by atoms with Crippen molar-refractivity contribution in [2.45, 2.75) is 51.2 Å². The van der Waals surface area contributed by atoms with Crippen molar-refractivity contribution in [2.75, 3.05) is 26.2 Å². The maximum atomic E-state index is 6.37. The zero-order valence-corrected chi connectivity index (χ0v) is 19.7. The van der Waals surface area contributed by atoms with Gasteiger partial charge in [0.1, 0.15) is 12.4 Å². The van der Waals surface area contributed by atoms with Crippen molar-refractivity contribution in [1.29, 1.82) is 0 Å². The van der Waals surface area contributed by atoms with E-state index in [-0.39, 0.29) is 0 Å². The highest BCUT2D eigenvalue weighted by molar-refractivity contribution is 5.42. The Morgan fingerprint density at radius 3 is 2.12 bits per heavy atom. The van der Waals surface area contributed by atoms with Crippen LogP contribution in [0.3, 0.4) is 0 Å². The Morgan fingerprint density at radius 2 is 1.45 bits per heavy atom. The molecule has 1 heterocycles. The van der Waals surface area contributed by atoms with E-state index in [1.165, 1.54) is 54.6 Å². The molecular formula is C30H36N2O. The van der Waals surface area contributed by atoms with Gasteiger partial charge in [0.05, 0.1) is 0 Å². The van der Waals surface area contributed by atoms with E-state index >= 15 is 0 Å². The molecule has 1 aliphatic heterocycles. The minimum atomic E-state index is 0.515. The first kappa shape index (κ1) is 22.2. The molecule has 33 heavy (non-hydrogen) atoms. The van der Waals surface area contributed by atoms with Crippen LogP contribution in [0.25, 0.3) is 0 Å². The SMILES string of the molecule is c1ccc(CN(Cc2ccccc2)[C@@H]2CCc3cccc(OCCN4CCCC4)c3C2)cc1. The lowest BCUT2D eigenvalue weighted by Gasteiger charge is -2.36. The fourth-order valence-electron chi connectivity index (χ4n) is 5.42. The van der Waals surface area contributed by atoms with Gasteiger partial charge in [0.15, 0.2) is 0 Å². The van der Waals surface area contributed by atoms with Crippen LogP contribution in [-0.4, -0.2) is 42.1 Å². The van der Waals surface area contributed by atoms with Crippen molar-refractivity contribution in [1.82, 2.24) is 9.80 Å². The first-order valence-corrected chi connectivity index (χ1v) is 12.6.